The van der Waals surface area contributed by atoms with Gasteiger partial charge in [-0.25, -0.2) is 4.57 Å². The van der Waals surface area contributed by atoms with Gasteiger partial charge in [-0.1, -0.05) is 163 Å². The van der Waals surface area contributed by atoms with Crippen molar-refractivity contribution in [2.75, 3.05) is 66.4 Å². The molecule has 0 unspecified atom stereocenters. The molecule has 0 aliphatic carbocycles. The number of H-pyrrole nitrogens is 1. The fraction of sp³-hybridized carbons (Fsp3) is 0.419. The average molecular weight is 1890 g/mol. The number of likely N-dealkylation sites (N-methyl/N-ethyl adjacent to an activating group) is 5. The number of rotatable bonds is 25. The van der Waals surface area contributed by atoms with Crippen LogP contribution >= 0.6 is 19.6 Å². The van der Waals surface area contributed by atoms with Crippen LogP contribution in [0.15, 0.2) is 164 Å². The third kappa shape index (κ3) is 32.3. The molecule has 720 valence electrons. The average Bonchev–Trinajstić information content (AvgIpc) is 1.52. The van der Waals surface area contributed by atoms with Gasteiger partial charge in [0, 0.05) is 96.6 Å². The lowest BCUT2D eigenvalue weighted by Gasteiger charge is -2.37. The number of fused-ring (bicyclic) bond motifs is 1. The zero-order valence-electron chi connectivity index (χ0n) is 76.2. The molecule has 7 aromatic rings. The smallest absolute Gasteiger partial charge is 0.508 e. The fourth-order valence-corrected chi connectivity index (χ4v) is 16.4. The minimum absolute atomic E-state index is 0.0319. The largest absolute Gasteiger partial charge is 0.524 e. The Hall–Kier alpha value is -13.7. The maximum atomic E-state index is 15.6. The minimum atomic E-state index is -5.08. The molecule has 11 atom stereocenters. The van der Waals surface area contributed by atoms with Crippen molar-refractivity contribution in [1.82, 2.24) is 77.3 Å². The van der Waals surface area contributed by atoms with E-state index < -0.39 is 218 Å². The lowest BCUT2D eigenvalue weighted by molar-refractivity contribution is -0.151. The first kappa shape index (κ1) is 106. The molecule has 0 saturated carbocycles. The van der Waals surface area contributed by atoms with Crippen LogP contribution in [-0.4, -0.2) is 282 Å². The summed E-state index contributed by atoms with van der Waals surface area (Å²) in [5.41, 5.74) is 8.62. The summed E-state index contributed by atoms with van der Waals surface area (Å²) >= 11 is 0.746. The number of carboxylic acid groups (broad SMARTS) is 1. The van der Waals surface area contributed by atoms with Crippen LogP contribution in [0.2, 0.25) is 0 Å². The van der Waals surface area contributed by atoms with Gasteiger partial charge in [-0.15, -0.1) is 11.8 Å². The molecule has 1 aromatic heterocycles. The van der Waals surface area contributed by atoms with Crippen molar-refractivity contribution in [2.24, 2.45) is 17.6 Å². The van der Waals surface area contributed by atoms with Crippen LogP contribution in [-0.2, 0) is 120 Å². The number of phosphoric ester groups is 1. The number of amides is 15. The zero-order valence-corrected chi connectivity index (χ0v) is 77.9. The molecule has 1 aliphatic rings. The van der Waals surface area contributed by atoms with Crippen LogP contribution in [0.5, 0.6) is 17.2 Å². The third-order valence-corrected chi connectivity index (χ3v) is 23.9. The van der Waals surface area contributed by atoms with Gasteiger partial charge in [0.05, 0.1) is 31.8 Å². The van der Waals surface area contributed by atoms with Crippen molar-refractivity contribution < 1.29 is 111 Å². The molecule has 6 aromatic carbocycles. The number of phosphoric acid groups is 1. The van der Waals surface area contributed by atoms with Crippen LogP contribution < -0.4 is 58.1 Å². The Morgan fingerprint density at radius 3 is 1.49 bits per heavy atom. The lowest BCUT2D eigenvalue weighted by atomic mass is 9.98. The molecule has 41 heteroatoms. The van der Waals surface area contributed by atoms with Crippen molar-refractivity contribution in [3.05, 3.63) is 197 Å². The number of para-hydroxylation sites is 1. The number of thioether (sulfide) groups is 1. The number of nitrogens with zero attached hydrogens (tertiary/aromatic N) is 5. The molecule has 1 fully saturated rings. The number of carbonyl (C=O) groups excluding carboxylic acids is 15. The summed E-state index contributed by atoms with van der Waals surface area (Å²) in [4.78, 5) is 263. The number of unbranched alkanes of at least 4 members (excludes halogenated alkanes) is 1. The minimum Gasteiger partial charge on any atom is -0.508 e. The number of aliphatic carboxylic acids is 1. The van der Waals surface area contributed by atoms with E-state index in [1.165, 1.54) is 108 Å². The first-order valence-corrected chi connectivity index (χ1v) is 46.2. The van der Waals surface area contributed by atoms with Crippen LogP contribution in [0.1, 0.15) is 100 Å². The predicted octanol–water partition coefficient (Wildman–Crippen LogP) is 1.80. The summed E-state index contributed by atoms with van der Waals surface area (Å²) in [5.74, 6) is -18.8. The number of benzene rings is 6. The number of carboxylic acids is 1. The van der Waals surface area contributed by atoms with Gasteiger partial charge < -0.3 is 103 Å². The monoisotopic (exact) mass is 1890 g/mol. The topological polar surface area (TPSA) is 567 Å². The van der Waals surface area contributed by atoms with Crippen LogP contribution in [0.3, 0.4) is 0 Å². The van der Waals surface area contributed by atoms with E-state index in [2.05, 4.69) is 52.8 Å². The summed E-state index contributed by atoms with van der Waals surface area (Å²) in [7, 11) is 1.23. The highest BCUT2D eigenvalue weighted by molar-refractivity contribution is 8.00. The van der Waals surface area contributed by atoms with Gasteiger partial charge in [-0.3, -0.25) is 86.5 Å². The molecule has 2 heterocycles. The Kier molecular flexibility index (Phi) is 39.6. The number of aromatic amines is 1. The molecule has 0 bridgehead atoms. The number of phenols is 2. The third-order valence-electron chi connectivity index (χ3n) is 22.4. The number of nitrogens with one attached hydrogen (secondary N) is 10. The Bertz CT molecular complexity index is 5340. The molecule has 8 rings (SSSR count). The highest BCUT2D eigenvalue weighted by atomic mass is 32.2. The van der Waals surface area contributed by atoms with E-state index in [1.54, 1.807) is 119 Å². The lowest BCUT2D eigenvalue weighted by Crippen LogP contribution is -2.61. The highest BCUT2D eigenvalue weighted by Crippen LogP contribution is 2.38. The van der Waals surface area contributed by atoms with Gasteiger partial charge >= 0.3 is 13.8 Å². The number of nitrogens with two attached hydrogens (primary N) is 1. The van der Waals surface area contributed by atoms with E-state index >= 15 is 43.2 Å². The second-order valence-electron chi connectivity index (χ2n) is 33.8. The Morgan fingerprint density at radius 2 is 0.948 bits per heavy atom. The number of hydrogen-bond acceptors (Lipinski definition) is 21. The normalized spacial score (nSPS) is 21.6. The van der Waals surface area contributed by atoms with E-state index in [9.17, 15) is 63.2 Å². The molecule has 17 N–H and O–H groups in total. The number of hydrogen-bond donors (Lipinski definition) is 16. The van der Waals surface area contributed by atoms with Gasteiger partial charge in [0.1, 0.15) is 83.7 Å². The molecule has 0 radical (unpaired) electrons. The predicted molar refractivity (Wildman–Crippen MR) is 495 cm³/mol. The SMILES string of the molecule is CCCC[C@H]1C(=O)N(C)CC(=O)N[C@@H](CC(=O)O)C(=O)N[C@@H](C(C)C)C(=O)N(C)[C@@H](Cc2ccccc2)C(=O)N[C@@H](Cc2ccc(O)cc2)C(=O)N(C)CC(=O)N[C@@H](Cc2c[nH]c3ccccc23)C(=O)N[C@@H](Cc2ccc(O)cc2)C(=O)N[C@@H](CC(C)C)C(=O)N[C@H](C(=O)NCC(N)=O)CSCC(=O)N[C@@H](Cc2ccc(OP(=O)(O)O)cc2)C(=O)N(C)[C@@H](Cc2ccccc2)C(=O)N1C. The molecule has 1 aliphatic heterocycles. The number of primary amides is 1. The van der Waals surface area contributed by atoms with Gasteiger partial charge in [-0.2, -0.15) is 0 Å². The second kappa shape index (κ2) is 50.2. The van der Waals surface area contributed by atoms with Crippen LogP contribution in [0.25, 0.3) is 10.9 Å². The van der Waals surface area contributed by atoms with E-state index in [-0.39, 0.29) is 74.2 Å². The van der Waals surface area contributed by atoms with Crippen molar-refractivity contribution in [3.63, 3.8) is 0 Å². The van der Waals surface area contributed by atoms with Gasteiger partial charge in [-0.05, 0) is 101 Å². The fourth-order valence-electron chi connectivity index (χ4n) is 15.2. The maximum Gasteiger partial charge on any atom is 0.524 e. The zero-order chi connectivity index (χ0) is 98.4. The molecule has 134 heavy (non-hydrogen) atoms. The summed E-state index contributed by atoms with van der Waals surface area (Å²) in [6.45, 7) is 5.92. The first-order chi connectivity index (χ1) is 63.4. The first-order valence-electron chi connectivity index (χ1n) is 43.5. The molecule has 15 amide bonds. The molecule has 0 spiro atoms. The quantitative estimate of drug-likeness (QED) is 0.0363. The number of aromatic nitrogens is 1. The summed E-state index contributed by atoms with van der Waals surface area (Å²) in [6.07, 6.45) is -0.609. The van der Waals surface area contributed by atoms with Crippen molar-refractivity contribution in [1.29, 1.82) is 0 Å². The summed E-state index contributed by atoms with van der Waals surface area (Å²) in [5, 5.41) is 55.3. The van der Waals surface area contributed by atoms with Crippen molar-refractivity contribution in [2.45, 2.75) is 172 Å². The summed E-state index contributed by atoms with van der Waals surface area (Å²) in [6, 6.07) is 22.5. The number of carbonyl (C=O) groups is 16. The van der Waals surface area contributed by atoms with Crippen molar-refractivity contribution >= 4 is 125 Å². The Labute approximate surface area is 779 Å². The van der Waals surface area contributed by atoms with Crippen LogP contribution in [0.4, 0.5) is 0 Å². The Morgan fingerprint density at radius 1 is 0.493 bits per heavy atom. The summed E-state index contributed by atoms with van der Waals surface area (Å²) < 4.78 is 16.6. The maximum absolute atomic E-state index is 15.6. The highest BCUT2D eigenvalue weighted by Gasteiger charge is 2.43. The van der Waals surface area contributed by atoms with Gasteiger partial charge in [0.25, 0.3) is 0 Å². The van der Waals surface area contributed by atoms with E-state index in [0.717, 1.165) is 36.3 Å². The van der Waals surface area contributed by atoms with E-state index in [4.69, 9.17) is 10.3 Å². The Balaban J connectivity index is 1.23. The molecular formula is C93H119N16O23PS. The molecule has 1 saturated heterocycles. The van der Waals surface area contributed by atoms with Crippen LogP contribution in [0, 0.1) is 11.8 Å². The van der Waals surface area contributed by atoms with E-state index in [1.807, 2.05) is 6.92 Å². The van der Waals surface area contributed by atoms with Gasteiger partial charge in [0.2, 0.25) is 88.6 Å². The van der Waals surface area contributed by atoms with Gasteiger partial charge in [0.15, 0.2) is 0 Å². The standard InChI is InChI=1S/C93H119N16O23PS/c1-11-12-27-74-91(126)106(7)51-79(114)98-70(47-81(116)117)87(122)104-82(55(4)5)93(128)108(9)75(44-56-21-15-13-16-22-56)88(123)102-71(42-59-30-36-63(111)37-31-59)89(124)105(6)50-78(113)97-69(46-61-48-95-66-26-20-19-25-65(61)66)86(121)101-68(41-58-28-34-62(110)35-29-58)85(120)100-67(40-54(2)3)84(119)103-73(83(118)96-49-77(94)112)52-134-53-80(115)99-72(43-60-32-38-64(39-33-60)132-133(129,130)131)90(125)109(10)76(92(127)107(74)8)45-57-23-17-14-18-24-57/h13-26,28-39,48,54-55,67-76,82,95,110-111H,11-12,27,40-47,49-53H2,1-10H3,(H2,94,112)(H,96,118)(H,97,113)(H,98,114)(H,99,115)(H,100,120)(H,101,121)(H,102,123)(H,103,119)(H,104,122)(H,116,117)(H2,129,130,131)/t67-,68-,69-,70-,71-,72-,73-,74-,75-,76-,82-/m0/s1. The molecular weight excluding hydrogens is 1770 g/mol. The molecule has 39 nitrogen and oxygen atoms in total. The van der Waals surface area contributed by atoms with Crippen molar-refractivity contribution in [3.8, 4) is 17.2 Å². The van der Waals surface area contributed by atoms with E-state index in [0.29, 0.717) is 51.6 Å². The number of aromatic hydroxyl groups is 2. The second-order valence-corrected chi connectivity index (χ2v) is 36.0. The number of phenolic OH excluding ortho intramolecular Hbond substituents is 2.